The van der Waals surface area contributed by atoms with Gasteiger partial charge >= 0.3 is 0 Å². The van der Waals surface area contributed by atoms with Gasteiger partial charge in [-0.15, -0.1) is 0 Å². The van der Waals surface area contributed by atoms with Gasteiger partial charge in [0.05, 0.1) is 6.54 Å². The van der Waals surface area contributed by atoms with E-state index in [0.29, 0.717) is 0 Å². The summed E-state index contributed by atoms with van der Waals surface area (Å²) in [6.07, 6.45) is 0. The first kappa shape index (κ1) is 11.6. The van der Waals surface area contributed by atoms with E-state index in [-0.39, 0.29) is 24.6 Å². The number of carbonyl (C=O) groups excluding carboxylic acids is 1. The number of amides is 1. The number of hydrogen-bond donors (Lipinski definition) is 2. The normalized spacial score (nSPS) is 10.1. The standard InChI is InChI=1S/C10H12F2N2O/c1-13-6-10(15)14-5-7-4-8(11)2-3-9(7)12/h2-4,13H,5-6H2,1H3,(H,14,15). The van der Waals surface area contributed by atoms with Gasteiger partial charge in [-0.1, -0.05) is 0 Å². The SMILES string of the molecule is CNCC(=O)NCc1cc(F)ccc1F. The average molecular weight is 214 g/mol. The molecule has 0 fully saturated rings. The molecule has 0 saturated carbocycles. The van der Waals surface area contributed by atoms with E-state index in [4.69, 9.17) is 0 Å². The van der Waals surface area contributed by atoms with Crippen molar-refractivity contribution in [2.45, 2.75) is 6.54 Å². The molecule has 0 heterocycles. The molecule has 1 amide bonds. The lowest BCUT2D eigenvalue weighted by atomic mass is 10.2. The van der Waals surface area contributed by atoms with Gasteiger partial charge in [-0.05, 0) is 25.2 Å². The monoisotopic (exact) mass is 214 g/mol. The molecule has 0 radical (unpaired) electrons. The van der Waals surface area contributed by atoms with Gasteiger partial charge in [-0.25, -0.2) is 8.78 Å². The second-order valence-corrected chi connectivity index (χ2v) is 3.04. The van der Waals surface area contributed by atoms with Crippen LogP contribution in [-0.4, -0.2) is 19.5 Å². The van der Waals surface area contributed by atoms with E-state index in [9.17, 15) is 13.6 Å². The van der Waals surface area contributed by atoms with Crippen molar-refractivity contribution in [3.8, 4) is 0 Å². The molecule has 1 aromatic rings. The Bertz CT molecular complexity index is 355. The first-order valence-electron chi connectivity index (χ1n) is 4.48. The molecule has 0 bridgehead atoms. The van der Waals surface area contributed by atoms with Crippen LogP contribution >= 0.6 is 0 Å². The Kier molecular flexibility index (Phi) is 4.17. The molecular weight excluding hydrogens is 202 g/mol. The number of benzene rings is 1. The Labute approximate surface area is 86.5 Å². The highest BCUT2D eigenvalue weighted by Crippen LogP contribution is 2.08. The number of likely N-dealkylation sites (N-methyl/N-ethyl adjacent to an activating group) is 1. The summed E-state index contributed by atoms with van der Waals surface area (Å²) in [5.74, 6) is -1.31. The highest BCUT2D eigenvalue weighted by molar-refractivity contribution is 5.77. The van der Waals surface area contributed by atoms with Gasteiger partial charge in [0.25, 0.3) is 0 Å². The molecule has 1 aromatic carbocycles. The van der Waals surface area contributed by atoms with Crippen LogP contribution in [0, 0.1) is 11.6 Å². The second-order valence-electron chi connectivity index (χ2n) is 3.04. The fraction of sp³-hybridized carbons (Fsp3) is 0.300. The largest absolute Gasteiger partial charge is 0.351 e. The average Bonchev–Trinajstić information content (AvgIpc) is 2.20. The number of nitrogens with one attached hydrogen (secondary N) is 2. The van der Waals surface area contributed by atoms with Gasteiger partial charge in [-0.2, -0.15) is 0 Å². The minimum Gasteiger partial charge on any atom is -0.351 e. The van der Waals surface area contributed by atoms with Crippen molar-refractivity contribution in [2.75, 3.05) is 13.6 Å². The fourth-order valence-corrected chi connectivity index (χ4v) is 1.10. The van der Waals surface area contributed by atoms with Crippen LogP contribution in [0.2, 0.25) is 0 Å². The zero-order chi connectivity index (χ0) is 11.3. The van der Waals surface area contributed by atoms with Gasteiger partial charge < -0.3 is 10.6 Å². The van der Waals surface area contributed by atoms with E-state index in [0.717, 1.165) is 18.2 Å². The first-order chi connectivity index (χ1) is 7.13. The Morgan fingerprint density at radius 3 is 2.80 bits per heavy atom. The number of rotatable bonds is 4. The van der Waals surface area contributed by atoms with Gasteiger partial charge in [0.2, 0.25) is 5.91 Å². The molecule has 15 heavy (non-hydrogen) atoms. The van der Waals surface area contributed by atoms with E-state index in [2.05, 4.69) is 10.6 Å². The minimum atomic E-state index is -0.527. The topological polar surface area (TPSA) is 41.1 Å². The predicted molar refractivity (Wildman–Crippen MR) is 52.1 cm³/mol. The van der Waals surface area contributed by atoms with Crippen LogP contribution < -0.4 is 10.6 Å². The van der Waals surface area contributed by atoms with Crippen LogP contribution in [0.1, 0.15) is 5.56 Å². The lowest BCUT2D eigenvalue weighted by molar-refractivity contribution is -0.120. The van der Waals surface area contributed by atoms with Gasteiger partial charge in [0.15, 0.2) is 0 Å². The van der Waals surface area contributed by atoms with Gasteiger partial charge in [-0.3, -0.25) is 4.79 Å². The van der Waals surface area contributed by atoms with Crippen LogP contribution in [0.4, 0.5) is 8.78 Å². The van der Waals surface area contributed by atoms with E-state index >= 15 is 0 Å². The second kappa shape index (κ2) is 5.41. The Morgan fingerprint density at radius 1 is 1.40 bits per heavy atom. The van der Waals surface area contributed by atoms with Gasteiger partial charge in [0.1, 0.15) is 11.6 Å². The summed E-state index contributed by atoms with van der Waals surface area (Å²) in [6, 6.07) is 3.14. The first-order valence-corrected chi connectivity index (χ1v) is 4.48. The van der Waals surface area contributed by atoms with Crippen LogP contribution in [-0.2, 0) is 11.3 Å². The van der Waals surface area contributed by atoms with Crippen LogP contribution in [0.3, 0.4) is 0 Å². The van der Waals surface area contributed by atoms with Crippen LogP contribution in [0.25, 0.3) is 0 Å². The van der Waals surface area contributed by atoms with E-state index in [1.807, 2.05) is 0 Å². The molecule has 0 aliphatic heterocycles. The summed E-state index contributed by atoms with van der Waals surface area (Å²) >= 11 is 0. The zero-order valence-electron chi connectivity index (χ0n) is 8.31. The Morgan fingerprint density at radius 2 is 2.13 bits per heavy atom. The highest BCUT2D eigenvalue weighted by atomic mass is 19.1. The van der Waals surface area contributed by atoms with E-state index < -0.39 is 11.6 Å². The third-order valence-electron chi connectivity index (χ3n) is 1.82. The van der Waals surface area contributed by atoms with Crippen molar-refractivity contribution < 1.29 is 13.6 Å². The van der Waals surface area contributed by atoms with Crippen molar-refractivity contribution in [3.63, 3.8) is 0 Å². The summed E-state index contributed by atoms with van der Waals surface area (Å²) in [7, 11) is 1.63. The fourth-order valence-electron chi connectivity index (χ4n) is 1.10. The molecule has 0 aliphatic carbocycles. The molecule has 1 rings (SSSR count). The van der Waals surface area contributed by atoms with Crippen molar-refractivity contribution in [2.24, 2.45) is 0 Å². The lowest BCUT2D eigenvalue weighted by Crippen LogP contribution is -2.31. The summed E-state index contributed by atoms with van der Waals surface area (Å²) in [5, 5.41) is 5.11. The van der Waals surface area contributed by atoms with Crippen molar-refractivity contribution in [1.82, 2.24) is 10.6 Å². The van der Waals surface area contributed by atoms with E-state index in [1.165, 1.54) is 0 Å². The van der Waals surface area contributed by atoms with E-state index in [1.54, 1.807) is 7.05 Å². The Balaban J connectivity index is 2.57. The van der Waals surface area contributed by atoms with Crippen LogP contribution in [0.15, 0.2) is 18.2 Å². The third kappa shape index (κ3) is 3.63. The maximum atomic E-state index is 13.1. The van der Waals surface area contributed by atoms with Crippen molar-refractivity contribution in [1.29, 1.82) is 0 Å². The molecule has 0 saturated heterocycles. The van der Waals surface area contributed by atoms with Crippen molar-refractivity contribution >= 4 is 5.91 Å². The minimum absolute atomic E-state index is 0.00981. The summed E-state index contributed by atoms with van der Waals surface area (Å²) < 4.78 is 25.8. The smallest absolute Gasteiger partial charge is 0.234 e. The number of hydrogen-bond acceptors (Lipinski definition) is 2. The summed E-state index contributed by atoms with van der Waals surface area (Å²) in [6.45, 7) is 0.140. The number of carbonyl (C=O) groups is 1. The molecule has 0 atom stereocenters. The zero-order valence-corrected chi connectivity index (χ0v) is 8.31. The molecule has 3 nitrogen and oxygen atoms in total. The lowest BCUT2D eigenvalue weighted by Gasteiger charge is -2.05. The van der Waals surface area contributed by atoms with Gasteiger partial charge in [0, 0.05) is 12.1 Å². The maximum Gasteiger partial charge on any atom is 0.234 e. The number of halogens is 2. The Hall–Kier alpha value is -1.49. The molecule has 0 aliphatic rings. The quantitative estimate of drug-likeness (QED) is 0.778. The highest BCUT2D eigenvalue weighted by Gasteiger charge is 2.05. The predicted octanol–water partition coefficient (Wildman–Crippen LogP) is 0.800. The molecule has 5 heteroatoms. The molecule has 82 valence electrons. The molecule has 0 unspecified atom stereocenters. The molecular formula is C10H12F2N2O. The summed E-state index contributed by atoms with van der Waals surface area (Å²) in [4.78, 5) is 11.0. The molecule has 0 spiro atoms. The third-order valence-corrected chi connectivity index (χ3v) is 1.82. The molecule has 0 aromatic heterocycles. The maximum absolute atomic E-state index is 13.1. The molecule has 2 N–H and O–H groups in total. The summed E-state index contributed by atoms with van der Waals surface area (Å²) in [5.41, 5.74) is 0.138. The van der Waals surface area contributed by atoms with Crippen molar-refractivity contribution in [3.05, 3.63) is 35.4 Å². The van der Waals surface area contributed by atoms with Crippen LogP contribution in [0.5, 0.6) is 0 Å².